The molecule has 1 fully saturated rings. The molecule has 1 aliphatic heterocycles. The van der Waals surface area contributed by atoms with Gasteiger partial charge in [-0.2, -0.15) is 0 Å². The van der Waals surface area contributed by atoms with Crippen LogP contribution in [0.5, 0.6) is 0 Å². The minimum atomic E-state index is -0.557. The van der Waals surface area contributed by atoms with Crippen molar-refractivity contribution in [3.63, 3.8) is 0 Å². The normalized spacial score (nSPS) is 15.5. The van der Waals surface area contributed by atoms with E-state index in [0.717, 1.165) is 23.0 Å². The monoisotopic (exact) mass is 474 g/mol. The van der Waals surface area contributed by atoms with Crippen LogP contribution in [-0.2, 0) is 16.0 Å². The molecule has 3 heterocycles. The van der Waals surface area contributed by atoms with Crippen molar-refractivity contribution in [2.24, 2.45) is 0 Å². The third kappa shape index (κ3) is 4.08. The van der Waals surface area contributed by atoms with Gasteiger partial charge in [-0.1, -0.05) is 37.3 Å². The van der Waals surface area contributed by atoms with Crippen molar-refractivity contribution >= 4 is 63.7 Å². The van der Waals surface area contributed by atoms with Gasteiger partial charge in [0.2, 0.25) is 0 Å². The maximum Gasteiger partial charge on any atom is 0.270 e. The lowest BCUT2D eigenvalue weighted by Crippen LogP contribution is -2.54. The molecule has 5 rings (SSSR count). The molecule has 2 amide bonds. The van der Waals surface area contributed by atoms with Crippen LogP contribution >= 0.6 is 24.0 Å². The van der Waals surface area contributed by atoms with Gasteiger partial charge in [0.1, 0.15) is 11.3 Å². The Kier molecular flexibility index (Phi) is 5.57. The highest BCUT2D eigenvalue weighted by Crippen LogP contribution is 2.30. The molecule has 1 saturated heterocycles. The smallest absolute Gasteiger partial charge is 0.270 e. The van der Waals surface area contributed by atoms with Crippen molar-refractivity contribution in [1.29, 1.82) is 0 Å². The fourth-order valence-electron chi connectivity index (χ4n) is 3.59. The Hall–Kier alpha value is -3.69. The number of hydrogen-bond donors (Lipinski definition) is 2. The molecule has 2 aromatic carbocycles. The van der Waals surface area contributed by atoms with Crippen molar-refractivity contribution in [2.75, 3.05) is 4.90 Å². The van der Waals surface area contributed by atoms with Gasteiger partial charge in [-0.3, -0.25) is 19.8 Å². The van der Waals surface area contributed by atoms with E-state index < -0.39 is 11.8 Å². The van der Waals surface area contributed by atoms with Crippen LogP contribution in [0.1, 0.15) is 18.2 Å². The number of aromatic nitrogens is 2. The first-order valence-corrected chi connectivity index (χ1v) is 11.5. The van der Waals surface area contributed by atoms with E-state index in [2.05, 4.69) is 15.3 Å². The van der Waals surface area contributed by atoms with Gasteiger partial charge in [0.05, 0.1) is 16.7 Å². The first-order valence-electron chi connectivity index (χ1n) is 10.3. The summed E-state index contributed by atoms with van der Waals surface area (Å²) in [5, 5.41) is 3.93. The number of imidazole rings is 1. The molecule has 0 atom stereocenters. The maximum absolute atomic E-state index is 13.3. The first-order chi connectivity index (χ1) is 16.0. The fourth-order valence-corrected chi connectivity index (χ4v) is 4.63. The van der Waals surface area contributed by atoms with Crippen molar-refractivity contribution in [3.05, 3.63) is 77.6 Å². The summed E-state index contributed by atoms with van der Waals surface area (Å²) >= 11 is 6.62. The van der Waals surface area contributed by atoms with Gasteiger partial charge in [-0.05, 0) is 72.4 Å². The number of aromatic amines is 1. The van der Waals surface area contributed by atoms with Gasteiger partial charge >= 0.3 is 0 Å². The summed E-state index contributed by atoms with van der Waals surface area (Å²) in [5.41, 5.74) is 3.35. The van der Waals surface area contributed by atoms with Crippen LogP contribution in [0.4, 0.5) is 5.69 Å². The number of nitrogens with zero attached hydrogens (tertiary/aromatic N) is 2. The molecule has 2 aromatic heterocycles. The summed E-state index contributed by atoms with van der Waals surface area (Å²) in [7, 11) is 0. The lowest BCUT2D eigenvalue weighted by molar-refractivity contribution is -0.122. The van der Waals surface area contributed by atoms with Crippen molar-refractivity contribution in [2.45, 2.75) is 23.6 Å². The number of nitrogens with one attached hydrogen (secondary N) is 2. The maximum atomic E-state index is 13.3. The molecule has 1 aliphatic rings. The minimum Gasteiger partial charge on any atom is -0.450 e. The average Bonchev–Trinajstić information content (AvgIpc) is 3.43. The predicted molar refractivity (Wildman–Crippen MR) is 131 cm³/mol. The number of anilines is 1. The molecular weight excluding hydrogens is 456 g/mol. The number of hydrogen-bond acceptors (Lipinski definition) is 6. The number of para-hydroxylation sites is 3. The number of thiocarbonyl (C=S) groups is 1. The first kappa shape index (κ1) is 21.2. The molecule has 0 unspecified atom stereocenters. The van der Waals surface area contributed by atoms with Crippen LogP contribution in [0.3, 0.4) is 0 Å². The van der Waals surface area contributed by atoms with E-state index in [-0.39, 0.29) is 10.7 Å². The number of carbonyl (C=O) groups is 2. The van der Waals surface area contributed by atoms with Crippen LogP contribution in [-0.4, -0.2) is 26.9 Å². The van der Waals surface area contributed by atoms with Gasteiger partial charge in [0, 0.05) is 0 Å². The zero-order valence-corrected chi connectivity index (χ0v) is 19.1. The Morgan fingerprint density at radius 2 is 1.88 bits per heavy atom. The summed E-state index contributed by atoms with van der Waals surface area (Å²) in [6, 6.07) is 18.7. The number of carbonyl (C=O) groups excluding carboxylic acids is 2. The fraction of sp³-hybridized carbons (Fsp3) is 0.0833. The molecule has 7 nitrogen and oxygen atoms in total. The number of benzene rings is 2. The van der Waals surface area contributed by atoms with Crippen LogP contribution in [0.15, 0.2) is 80.9 Å². The van der Waals surface area contributed by atoms with Gasteiger partial charge in [0.15, 0.2) is 15.4 Å². The Balaban J connectivity index is 1.42. The lowest BCUT2D eigenvalue weighted by Gasteiger charge is -2.30. The molecule has 164 valence electrons. The van der Waals surface area contributed by atoms with E-state index in [1.165, 1.54) is 22.7 Å². The zero-order valence-electron chi connectivity index (χ0n) is 17.5. The topological polar surface area (TPSA) is 91.2 Å². The Labute approximate surface area is 198 Å². The van der Waals surface area contributed by atoms with Crippen LogP contribution in [0, 0.1) is 0 Å². The average molecular weight is 475 g/mol. The molecule has 9 heteroatoms. The third-order valence-corrected chi connectivity index (χ3v) is 6.26. The highest BCUT2D eigenvalue weighted by molar-refractivity contribution is 7.99. The SMILES string of the molecule is CCc1ccccc1N1C(=O)/C(=C/c2ccc(Sc3nc4ccccc4[nH]3)o2)C(=O)NC1=S. The third-order valence-electron chi connectivity index (χ3n) is 5.17. The number of rotatable bonds is 5. The van der Waals surface area contributed by atoms with E-state index in [4.69, 9.17) is 16.6 Å². The highest BCUT2D eigenvalue weighted by Gasteiger charge is 2.35. The molecular formula is C24H18N4O3S2. The van der Waals surface area contributed by atoms with Gasteiger partial charge in [-0.25, -0.2) is 4.98 Å². The second-order valence-corrected chi connectivity index (χ2v) is 8.64. The van der Waals surface area contributed by atoms with E-state index in [1.54, 1.807) is 12.1 Å². The largest absolute Gasteiger partial charge is 0.450 e. The molecule has 0 radical (unpaired) electrons. The number of H-pyrrole nitrogens is 1. The standard InChI is InChI=1S/C24H18N4O3S2/c1-2-14-7-3-6-10-19(14)28-22(30)16(21(29)27-24(28)32)13-15-11-12-20(31-15)33-23-25-17-8-4-5-9-18(17)26-23/h3-13H,2H2,1H3,(H,25,26)(H,27,29,32)/b16-13+. The van der Waals surface area contributed by atoms with Crippen LogP contribution < -0.4 is 10.2 Å². The molecule has 0 spiro atoms. The van der Waals surface area contributed by atoms with Crippen LogP contribution in [0.2, 0.25) is 0 Å². The molecule has 0 aliphatic carbocycles. The second-order valence-electron chi connectivity index (χ2n) is 7.26. The Morgan fingerprint density at radius 1 is 1.09 bits per heavy atom. The lowest BCUT2D eigenvalue weighted by atomic mass is 10.1. The minimum absolute atomic E-state index is 0.0517. The second kappa shape index (κ2) is 8.68. The summed E-state index contributed by atoms with van der Waals surface area (Å²) in [5.74, 6) is -0.672. The number of amides is 2. The van der Waals surface area contributed by atoms with E-state index >= 15 is 0 Å². The number of fused-ring (bicyclic) bond motifs is 1. The molecule has 2 N–H and O–H groups in total. The summed E-state index contributed by atoms with van der Waals surface area (Å²) in [6.45, 7) is 2.00. The highest BCUT2D eigenvalue weighted by atomic mass is 32.2. The Morgan fingerprint density at radius 3 is 2.70 bits per heavy atom. The van der Waals surface area contributed by atoms with E-state index in [9.17, 15) is 9.59 Å². The predicted octanol–water partition coefficient (Wildman–Crippen LogP) is 4.70. The number of aryl methyl sites for hydroxylation is 1. The van der Waals surface area contributed by atoms with Gasteiger partial charge < -0.3 is 9.40 Å². The van der Waals surface area contributed by atoms with E-state index in [0.29, 0.717) is 21.7 Å². The summed E-state index contributed by atoms with van der Waals surface area (Å²) in [4.78, 5) is 34.9. The molecule has 4 aromatic rings. The van der Waals surface area contributed by atoms with Crippen molar-refractivity contribution in [3.8, 4) is 0 Å². The number of furan rings is 1. The summed E-state index contributed by atoms with van der Waals surface area (Å²) in [6.07, 6.45) is 2.15. The van der Waals surface area contributed by atoms with Crippen molar-refractivity contribution < 1.29 is 14.0 Å². The van der Waals surface area contributed by atoms with Crippen LogP contribution in [0.25, 0.3) is 17.1 Å². The van der Waals surface area contributed by atoms with Gasteiger partial charge in [0.25, 0.3) is 11.8 Å². The molecule has 0 saturated carbocycles. The van der Waals surface area contributed by atoms with E-state index in [1.807, 2.05) is 55.5 Å². The summed E-state index contributed by atoms with van der Waals surface area (Å²) < 4.78 is 5.84. The molecule has 0 bridgehead atoms. The quantitative estimate of drug-likeness (QED) is 0.248. The molecule has 33 heavy (non-hydrogen) atoms. The van der Waals surface area contributed by atoms with Gasteiger partial charge in [-0.15, -0.1) is 0 Å². The zero-order chi connectivity index (χ0) is 22.9. The van der Waals surface area contributed by atoms with Crippen molar-refractivity contribution in [1.82, 2.24) is 15.3 Å². The Bertz CT molecular complexity index is 1400.